The van der Waals surface area contributed by atoms with E-state index in [0.29, 0.717) is 17.4 Å². The van der Waals surface area contributed by atoms with Crippen molar-refractivity contribution >= 4 is 38.8 Å². The second-order valence-electron chi connectivity index (χ2n) is 5.71. The minimum atomic E-state index is -3.01. The highest BCUT2D eigenvalue weighted by Crippen LogP contribution is 2.27. The monoisotopic (exact) mass is 386 g/mol. The van der Waals surface area contributed by atoms with Crippen molar-refractivity contribution in [3.8, 4) is 10.7 Å². The second-order valence-corrected chi connectivity index (χ2v) is 10.2. The minimum Gasteiger partial charge on any atom is -0.341 e. The van der Waals surface area contributed by atoms with Crippen LogP contribution < -0.4 is 0 Å². The summed E-state index contributed by atoms with van der Waals surface area (Å²) in [5, 5.41) is 9.10. The number of aromatic amines is 1. The summed E-state index contributed by atoms with van der Waals surface area (Å²) in [4.78, 5) is 19.5. The summed E-state index contributed by atoms with van der Waals surface area (Å²) >= 11 is 2.83. The van der Waals surface area contributed by atoms with Gasteiger partial charge in [-0.15, -0.1) is 16.4 Å². The number of H-pyrrole nitrogens is 1. The summed E-state index contributed by atoms with van der Waals surface area (Å²) in [6, 6.07) is 3.65. The minimum absolute atomic E-state index is 0.0514. The number of carbonyl (C=O) groups is 1. The fraction of sp³-hybridized carbons (Fsp3) is 0.500. The fourth-order valence-electron chi connectivity index (χ4n) is 2.58. The average Bonchev–Trinajstić information content (AvgIpc) is 3.25. The molecule has 1 amide bonds. The lowest BCUT2D eigenvalue weighted by Gasteiger charge is -2.25. The van der Waals surface area contributed by atoms with Gasteiger partial charge in [-0.25, -0.2) is 13.4 Å². The molecule has 1 N–H and O–H groups in total. The number of nitrogens with one attached hydrogen (secondary N) is 1. The number of nitrogens with zero attached hydrogens (tertiary/aromatic N) is 3. The predicted octanol–water partition coefficient (Wildman–Crippen LogP) is 1.66. The number of aromatic nitrogens is 3. The summed E-state index contributed by atoms with van der Waals surface area (Å²) in [6.07, 6.45) is 0.505. The van der Waals surface area contributed by atoms with Crippen LogP contribution >= 0.6 is 23.1 Å². The van der Waals surface area contributed by atoms with Crippen molar-refractivity contribution in [1.82, 2.24) is 20.1 Å². The van der Waals surface area contributed by atoms with Crippen molar-refractivity contribution in [3.63, 3.8) is 0 Å². The molecule has 0 aromatic carbocycles. The molecule has 0 aliphatic carbocycles. The molecule has 7 nitrogen and oxygen atoms in total. The lowest BCUT2D eigenvalue weighted by molar-refractivity contribution is -0.130. The number of rotatable bonds is 5. The number of carbonyl (C=O) groups excluding carboxylic acids is 1. The Kier molecular flexibility index (Phi) is 4.97. The van der Waals surface area contributed by atoms with E-state index in [0.717, 1.165) is 4.88 Å². The normalized spacial score (nSPS) is 20.8. The van der Waals surface area contributed by atoms with E-state index in [4.69, 9.17) is 0 Å². The predicted molar refractivity (Wildman–Crippen MR) is 94.8 cm³/mol. The molecule has 3 rings (SSSR count). The van der Waals surface area contributed by atoms with Gasteiger partial charge in [0.25, 0.3) is 0 Å². The van der Waals surface area contributed by atoms with E-state index in [1.165, 1.54) is 11.8 Å². The molecule has 0 saturated carbocycles. The summed E-state index contributed by atoms with van der Waals surface area (Å²) in [6.45, 7) is 1.79. The summed E-state index contributed by atoms with van der Waals surface area (Å²) in [5.41, 5.74) is 0. The summed E-state index contributed by atoms with van der Waals surface area (Å²) in [5.74, 6) is 0.782. The molecule has 2 aromatic heterocycles. The molecule has 0 spiro atoms. The molecule has 10 heteroatoms. The number of thiophene rings is 1. The molecule has 1 aliphatic rings. The highest BCUT2D eigenvalue weighted by molar-refractivity contribution is 8.00. The third-order valence-electron chi connectivity index (χ3n) is 3.95. The maximum absolute atomic E-state index is 12.5. The number of hydrogen-bond acceptors (Lipinski definition) is 7. The Morgan fingerprint density at radius 2 is 2.33 bits per heavy atom. The quantitative estimate of drug-likeness (QED) is 0.785. The maximum atomic E-state index is 12.5. The third kappa shape index (κ3) is 3.81. The first-order valence-electron chi connectivity index (χ1n) is 7.46. The summed E-state index contributed by atoms with van der Waals surface area (Å²) < 4.78 is 23.2. The molecule has 24 heavy (non-hydrogen) atoms. The first kappa shape index (κ1) is 17.4. The highest BCUT2D eigenvalue weighted by Gasteiger charge is 2.34. The Morgan fingerprint density at radius 3 is 2.96 bits per heavy atom. The van der Waals surface area contributed by atoms with Crippen LogP contribution in [0.3, 0.4) is 0 Å². The molecule has 3 heterocycles. The number of hydrogen-bond donors (Lipinski definition) is 1. The Labute approximate surface area is 148 Å². The van der Waals surface area contributed by atoms with Crippen molar-refractivity contribution < 1.29 is 13.2 Å². The number of sulfone groups is 1. The number of thioether (sulfide) groups is 1. The molecular formula is C14H18N4O3S3. The molecule has 1 aliphatic heterocycles. The van der Waals surface area contributed by atoms with E-state index < -0.39 is 9.84 Å². The fourth-order valence-corrected chi connectivity index (χ4v) is 5.84. The van der Waals surface area contributed by atoms with Crippen molar-refractivity contribution in [3.05, 3.63) is 17.5 Å². The topological polar surface area (TPSA) is 96.0 Å². The van der Waals surface area contributed by atoms with Crippen LogP contribution in [-0.4, -0.2) is 64.3 Å². The van der Waals surface area contributed by atoms with E-state index in [9.17, 15) is 13.2 Å². The molecule has 130 valence electrons. The van der Waals surface area contributed by atoms with Crippen LogP contribution in [0, 0.1) is 0 Å². The zero-order chi connectivity index (χ0) is 17.3. The van der Waals surface area contributed by atoms with Crippen molar-refractivity contribution in [2.75, 3.05) is 18.6 Å². The van der Waals surface area contributed by atoms with E-state index in [1.54, 1.807) is 30.2 Å². The van der Waals surface area contributed by atoms with Crippen LogP contribution in [0.5, 0.6) is 0 Å². The lowest BCUT2D eigenvalue weighted by atomic mass is 10.2. The Balaban J connectivity index is 1.62. The van der Waals surface area contributed by atoms with E-state index in [-0.39, 0.29) is 28.7 Å². The zero-order valence-corrected chi connectivity index (χ0v) is 15.7. The van der Waals surface area contributed by atoms with Gasteiger partial charge in [0.2, 0.25) is 11.1 Å². The van der Waals surface area contributed by atoms with E-state index in [1.807, 2.05) is 17.5 Å². The molecule has 0 bridgehead atoms. The van der Waals surface area contributed by atoms with Crippen LogP contribution in [-0.2, 0) is 14.6 Å². The van der Waals surface area contributed by atoms with Crippen LogP contribution in [0.25, 0.3) is 10.7 Å². The SMILES string of the molecule is C[C@@H](Sc1n[nH]c(-c2cccs2)n1)C(=O)N(C)[C@H]1CCS(=O)(=O)C1. The standard InChI is InChI=1S/C14H18N4O3S3/c1-9(13(19)18(2)10-5-7-24(20,21)8-10)23-14-15-12(16-17-14)11-4-3-6-22-11/h3-4,6,9-10H,5,7-8H2,1-2H3,(H,15,16,17)/t9-,10+/m1/s1. The molecule has 2 atom stereocenters. The largest absolute Gasteiger partial charge is 0.341 e. The molecule has 0 radical (unpaired) electrons. The number of amides is 1. The molecule has 2 aromatic rings. The third-order valence-corrected chi connectivity index (χ3v) is 7.53. The Hall–Kier alpha value is -1.39. The van der Waals surface area contributed by atoms with Gasteiger partial charge in [-0.1, -0.05) is 17.8 Å². The van der Waals surface area contributed by atoms with Gasteiger partial charge in [-0.2, -0.15) is 0 Å². The lowest BCUT2D eigenvalue weighted by Crippen LogP contribution is -2.41. The summed E-state index contributed by atoms with van der Waals surface area (Å²) in [7, 11) is -1.34. The van der Waals surface area contributed by atoms with E-state index >= 15 is 0 Å². The van der Waals surface area contributed by atoms with Crippen LogP contribution in [0.1, 0.15) is 13.3 Å². The van der Waals surface area contributed by atoms with Crippen molar-refractivity contribution in [2.45, 2.75) is 29.8 Å². The van der Waals surface area contributed by atoms with Gasteiger partial charge in [0.05, 0.1) is 21.6 Å². The van der Waals surface area contributed by atoms with Crippen molar-refractivity contribution in [2.24, 2.45) is 0 Å². The first-order chi connectivity index (χ1) is 11.4. The smallest absolute Gasteiger partial charge is 0.235 e. The molecule has 0 unspecified atom stereocenters. The highest BCUT2D eigenvalue weighted by atomic mass is 32.2. The Bertz CT molecular complexity index is 816. The van der Waals surface area contributed by atoms with Gasteiger partial charge in [0.1, 0.15) is 0 Å². The van der Waals surface area contributed by atoms with Gasteiger partial charge >= 0.3 is 0 Å². The van der Waals surface area contributed by atoms with E-state index in [2.05, 4.69) is 15.2 Å². The Morgan fingerprint density at radius 1 is 1.54 bits per heavy atom. The molecule has 1 saturated heterocycles. The second kappa shape index (κ2) is 6.85. The zero-order valence-electron chi connectivity index (χ0n) is 13.3. The van der Waals surface area contributed by atoms with Gasteiger partial charge in [0.15, 0.2) is 15.7 Å². The molecule has 1 fully saturated rings. The van der Waals surface area contributed by atoms with Crippen LogP contribution in [0.15, 0.2) is 22.7 Å². The van der Waals surface area contributed by atoms with Gasteiger partial charge < -0.3 is 4.90 Å². The van der Waals surface area contributed by atoms with Gasteiger partial charge in [-0.3, -0.25) is 9.89 Å². The van der Waals surface area contributed by atoms with Crippen LogP contribution in [0.4, 0.5) is 0 Å². The molecular weight excluding hydrogens is 368 g/mol. The van der Waals surface area contributed by atoms with Crippen molar-refractivity contribution in [1.29, 1.82) is 0 Å². The maximum Gasteiger partial charge on any atom is 0.235 e. The van der Waals surface area contributed by atoms with Crippen LogP contribution in [0.2, 0.25) is 0 Å². The average molecular weight is 387 g/mol. The van der Waals surface area contributed by atoms with Gasteiger partial charge in [0, 0.05) is 13.1 Å². The first-order valence-corrected chi connectivity index (χ1v) is 11.0. The van der Waals surface area contributed by atoms with Gasteiger partial charge in [-0.05, 0) is 24.8 Å².